The number of ether oxygens (including phenoxy) is 1. The molecule has 3 aromatic rings. The average molecular weight is 579 g/mol. The molecule has 4 rings (SSSR count). The Morgan fingerprint density at radius 1 is 1.27 bits per heavy atom. The maximum absolute atomic E-state index is 14.7. The summed E-state index contributed by atoms with van der Waals surface area (Å²) in [7, 11) is 3.33. The van der Waals surface area contributed by atoms with Crippen molar-refractivity contribution in [1.29, 1.82) is 0 Å². The Hall–Kier alpha value is -3.63. The van der Waals surface area contributed by atoms with Gasteiger partial charge in [0.15, 0.2) is 5.65 Å². The molecule has 40 heavy (non-hydrogen) atoms. The van der Waals surface area contributed by atoms with Crippen LogP contribution in [0, 0.1) is 11.8 Å². The fourth-order valence-electron chi connectivity index (χ4n) is 4.38. The lowest BCUT2D eigenvalue weighted by molar-refractivity contribution is -0.0330. The summed E-state index contributed by atoms with van der Waals surface area (Å²) in [6, 6.07) is 7.65. The van der Waals surface area contributed by atoms with E-state index < -0.39 is 17.7 Å². The van der Waals surface area contributed by atoms with E-state index in [9.17, 15) is 22.4 Å². The number of amides is 1. The van der Waals surface area contributed by atoms with Gasteiger partial charge in [0.1, 0.15) is 22.6 Å². The minimum Gasteiger partial charge on any atom is -0.495 e. The molecule has 2 aromatic heterocycles. The molecule has 0 aliphatic carbocycles. The van der Waals surface area contributed by atoms with Gasteiger partial charge in [0.05, 0.1) is 31.1 Å². The molecule has 3 N–H and O–H groups in total. The smallest absolute Gasteiger partial charge is 0.447 e. The van der Waals surface area contributed by atoms with Crippen molar-refractivity contribution in [1.82, 2.24) is 19.6 Å². The molecule has 0 unspecified atom stereocenters. The Morgan fingerprint density at radius 2 is 2.08 bits per heavy atom. The van der Waals surface area contributed by atoms with Gasteiger partial charge in [0.2, 0.25) is 0 Å². The van der Waals surface area contributed by atoms with Crippen LogP contribution in [-0.4, -0.2) is 78.3 Å². The third kappa shape index (κ3) is 7.11. The van der Waals surface area contributed by atoms with E-state index in [1.54, 1.807) is 30.3 Å². The first kappa shape index (κ1) is 29.4. The number of pyridine rings is 1. The van der Waals surface area contributed by atoms with Crippen molar-refractivity contribution in [2.24, 2.45) is 0 Å². The van der Waals surface area contributed by atoms with E-state index in [4.69, 9.17) is 4.74 Å². The molecule has 0 saturated carbocycles. The highest BCUT2D eigenvalue weighted by Gasteiger charge is 2.33. The Kier molecular flexibility index (Phi) is 9.32. The number of fused-ring (bicyclic) bond motifs is 1. The van der Waals surface area contributed by atoms with Crippen LogP contribution in [0.15, 0.2) is 41.6 Å². The maximum atomic E-state index is 14.7. The van der Waals surface area contributed by atoms with E-state index in [0.717, 1.165) is 0 Å². The monoisotopic (exact) mass is 578 g/mol. The van der Waals surface area contributed by atoms with E-state index in [1.165, 1.54) is 17.7 Å². The number of piperidine rings is 1. The largest absolute Gasteiger partial charge is 0.495 e. The number of aromatic nitrogens is 2. The molecule has 13 heteroatoms. The molecule has 0 radical (unpaired) electrons. The average Bonchev–Trinajstić information content (AvgIpc) is 3.24. The number of carbonyl (C=O) groups is 1. The third-order valence-corrected chi connectivity index (χ3v) is 7.09. The molecule has 3 heterocycles. The normalized spacial score (nSPS) is 17.7. The number of alkyl halides is 4. The van der Waals surface area contributed by atoms with Crippen molar-refractivity contribution in [3.63, 3.8) is 0 Å². The van der Waals surface area contributed by atoms with Gasteiger partial charge >= 0.3 is 5.51 Å². The van der Waals surface area contributed by atoms with Gasteiger partial charge < -0.3 is 25.6 Å². The summed E-state index contributed by atoms with van der Waals surface area (Å²) in [4.78, 5) is 18.5. The van der Waals surface area contributed by atoms with Gasteiger partial charge in [0.25, 0.3) is 5.91 Å². The van der Waals surface area contributed by atoms with Gasteiger partial charge in [-0.2, -0.15) is 13.2 Å². The highest BCUT2D eigenvalue weighted by atomic mass is 32.2. The number of imidazole rings is 1. The van der Waals surface area contributed by atoms with Crippen molar-refractivity contribution >= 4 is 34.7 Å². The lowest BCUT2D eigenvalue weighted by atomic mass is 10.0. The Morgan fingerprint density at radius 3 is 2.77 bits per heavy atom. The van der Waals surface area contributed by atoms with Gasteiger partial charge in [-0.15, -0.1) is 0 Å². The molecule has 1 amide bonds. The van der Waals surface area contributed by atoms with Crippen molar-refractivity contribution in [2.45, 2.75) is 36.1 Å². The van der Waals surface area contributed by atoms with Crippen LogP contribution in [0.1, 0.15) is 29.4 Å². The molecule has 1 aliphatic rings. The lowest BCUT2D eigenvalue weighted by Crippen LogP contribution is -2.46. The first-order chi connectivity index (χ1) is 19.1. The van der Waals surface area contributed by atoms with Crippen LogP contribution in [0.25, 0.3) is 5.65 Å². The Balaban J connectivity index is 1.60. The number of likely N-dealkylation sites (tertiary alicyclic amines) is 1. The van der Waals surface area contributed by atoms with Gasteiger partial charge in [-0.05, 0) is 56.6 Å². The van der Waals surface area contributed by atoms with Gasteiger partial charge in [-0.1, -0.05) is 5.92 Å². The molecular formula is C27H30F4N6O2S. The van der Waals surface area contributed by atoms with E-state index in [-0.39, 0.29) is 47.1 Å². The highest BCUT2D eigenvalue weighted by molar-refractivity contribution is 8.00. The number of nitrogens with one attached hydrogen (secondary N) is 3. The second-order valence-corrected chi connectivity index (χ2v) is 10.2. The zero-order valence-corrected chi connectivity index (χ0v) is 23.0. The highest BCUT2D eigenvalue weighted by Crippen LogP contribution is 2.39. The SMILES string of the molecule is CCNC(=O)c1ccc(OC)c(NCC#Cc2nc3c(N[C@@H]4CCN(C)C[C@@H]4F)cccn3c2SC(F)(F)F)c1. The lowest BCUT2D eigenvalue weighted by Gasteiger charge is -2.33. The van der Waals surface area contributed by atoms with Crippen molar-refractivity contribution in [3.05, 3.63) is 47.8 Å². The Labute approximate surface area is 233 Å². The summed E-state index contributed by atoms with van der Waals surface area (Å²) in [6.07, 6.45) is 0.892. The standard InChI is InChI=1S/C27H30F4N6O2S/c1-4-32-25(38)17-9-10-23(39-3)22(15-17)33-12-5-7-21-26(40-27(29,30)31)37-13-6-8-20(24(37)35-21)34-19-11-14-36(2)16-18(19)28/h6,8-10,13,15,18-19,33-34H,4,11-12,14,16H2,1-3H3,(H,32,38)/t18-,19+/m0/s1. The van der Waals surface area contributed by atoms with Crippen molar-refractivity contribution < 1.29 is 27.1 Å². The van der Waals surface area contributed by atoms with Crippen LogP contribution in [0.2, 0.25) is 0 Å². The first-order valence-electron chi connectivity index (χ1n) is 12.6. The fourth-order valence-corrected chi connectivity index (χ4v) is 5.04. The molecule has 1 aromatic carbocycles. The number of halogens is 4. The quantitative estimate of drug-likeness (QED) is 0.204. The molecule has 214 valence electrons. The first-order valence-corrected chi connectivity index (χ1v) is 13.5. The number of benzene rings is 1. The number of nitrogens with zero attached hydrogens (tertiary/aromatic N) is 3. The number of hydrogen-bond donors (Lipinski definition) is 3. The summed E-state index contributed by atoms with van der Waals surface area (Å²) in [5.41, 5.74) is -3.04. The zero-order chi connectivity index (χ0) is 28.9. The van der Waals surface area contributed by atoms with Crippen LogP contribution in [0.3, 0.4) is 0 Å². The van der Waals surface area contributed by atoms with Gasteiger partial charge in [-0.3, -0.25) is 9.20 Å². The number of thioether (sulfide) groups is 1. The molecule has 1 fully saturated rings. The second kappa shape index (κ2) is 12.7. The zero-order valence-electron chi connectivity index (χ0n) is 22.2. The predicted octanol–water partition coefficient (Wildman–Crippen LogP) is 4.62. The van der Waals surface area contributed by atoms with E-state index >= 15 is 0 Å². The number of anilines is 2. The minimum atomic E-state index is -4.57. The fraction of sp³-hybridized carbons (Fsp3) is 0.407. The Bertz CT molecular complexity index is 1420. The summed E-state index contributed by atoms with van der Waals surface area (Å²) < 4.78 is 61.8. The molecule has 0 bridgehead atoms. The minimum absolute atomic E-state index is 0.0451. The molecule has 8 nitrogen and oxygen atoms in total. The van der Waals surface area contributed by atoms with Gasteiger partial charge in [0, 0.05) is 43.2 Å². The van der Waals surface area contributed by atoms with E-state index in [2.05, 4.69) is 32.8 Å². The maximum Gasteiger partial charge on any atom is 0.447 e. The number of methoxy groups -OCH3 is 1. The van der Waals surface area contributed by atoms with Crippen LogP contribution >= 0.6 is 11.8 Å². The third-order valence-electron chi connectivity index (χ3n) is 6.28. The van der Waals surface area contributed by atoms with E-state index in [1.807, 2.05) is 18.9 Å². The summed E-state index contributed by atoms with van der Waals surface area (Å²) >= 11 is -0.306. The molecule has 1 saturated heterocycles. The van der Waals surface area contributed by atoms with Crippen LogP contribution in [-0.2, 0) is 0 Å². The molecule has 1 aliphatic heterocycles. The van der Waals surface area contributed by atoms with Crippen LogP contribution in [0.4, 0.5) is 28.9 Å². The van der Waals surface area contributed by atoms with Crippen molar-refractivity contribution in [2.75, 3.05) is 51.0 Å². The summed E-state index contributed by atoms with van der Waals surface area (Å²) in [5.74, 6) is 5.79. The van der Waals surface area contributed by atoms with Crippen molar-refractivity contribution in [3.8, 4) is 17.6 Å². The number of carbonyl (C=O) groups excluding carboxylic acids is 1. The summed E-state index contributed by atoms with van der Waals surface area (Å²) in [5, 5.41) is 8.72. The van der Waals surface area contributed by atoms with Crippen LogP contribution in [0.5, 0.6) is 5.75 Å². The van der Waals surface area contributed by atoms with Gasteiger partial charge in [-0.25, -0.2) is 9.37 Å². The second-order valence-electron chi connectivity index (χ2n) is 9.18. The number of hydrogen-bond acceptors (Lipinski definition) is 7. The molecule has 0 spiro atoms. The molecular weight excluding hydrogens is 548 g/mol. The molecule has 2 atom stereocenters. The number of rotatable bonds is 8. The topological polar surface area (TPSA) is 82.9 Å². The summed E-state index contributed by atoms with van der Waals surface area (Å²) in [6.45, 7) is 3.30. The van der Waals surface area contributed by atoms with Crippen LogP contribution < -0.4 is 20.7 Å². The van der Waals surface area contributed by atoms with E-state index in [0.29, 0.717) is 42.2 Å². The predicted molar refractivity (Wildman–Crippen MR) is 148 cm³/mol.